The maximum Gasteiger partial charge on any atom is 0.450 e. The number of hydrogen-bond acceptors (Lipinski definition) is 8. The van der Waals surface area contributed by atoms with Gasteiger partial charge in [0.2, 0.25) is 0 Å². The second kappa shape index (κ2) is 3.83. The van der Waals surface area contributed by atoms with E-state index in [0.29, 0.717) is 0 Å². The molecule has 0 saturated carbocycles. The normalized spacial score (nSPS) is 10.5. The van der Waals surface area contributed by atoms with E-state index in [1.807, 2.05) is 0 Å². The van der Waals surface area contributed by atoms with E-state index in [-0.39, 0.29) is 9.35 Å². The fourth-order valence-electron chi connectivity index (χ4n) is 1.44. The Morgan fingerprint density at radius 1 is 1.00 bits per heavy atom. The lowest BCUT2D eigenvalue weighted by Gasteiger charge is -1.90. The average Bonchev–Trinajstić information content (AvgIpc) is 2.59. The number of aromatic nitrogens is 3. The zero-order chi connectivity index (χ0) is 14.3. The Morgan fingerprint density at radius 3 is 2.05 bits per heavy atom. The summed E-state index contributed by atoms with van der Waals surface area (Å²) in [5.41, 5.74) is -2.88. The molecule has 2 heterocycles. The van der Waals surface area contributed by atoms with Gasteiger partial charge in [-0.2, -0.15) is 0 Å². The van der Waals surface area contributed by atoms with Crippen molar-refractivity contribution in [1.82, 2.24) is 14.3 Å². The second-order valence-corrected chi connectivity index (χ2v) is 3.15. The van der Waals surface area contributed by atoms with Gasteiger partial charge in [0.1, 0.15) is 0 Å². The molecule has 0 amide bonds. The molecular weight excluding hydrogens is 268 g/mol. The van der Waals surface area contributed by atoms with Crippen molar-refractivity contribution in [3.63, 3.8) is 0 Å². The van der Waals surface area contributed by atoms with Gasteiger partial charge in [-0.3, -0.25) is 0 Å². The van der Waals surface area contributed by atoms with Crippen LogP contribution in [0.2, 0.25) is 0 Å². The third-order valence-corrected chi connectivity index (χ3v) is 2.14. The number of pyridine rings is 1. The van der Waals surface area contributed by atoms with Gasteiger partial charge in [-0.05, 0) is 16.0 Å². The molecule has 2 aromatic heterocycles. The Morgan fingerprint density at radius 2 is 1.58 bits per heavy atom. The van der Waals surface area contributed by atoms with Crippen molar-refractivity contribution in [2.24, 2.45) is 0 Å². The third-order valence-electron chi connectivity index (χ3n) is 2.14. The van der Waals surface area contributed by atoms with Crippen LogP contribution in [0.25, 0.3) is 11.2 Å². The fourth-order valence-corrected chi connectivity index (χ4v) is 1.44. The van der Waals surface area contributed by atoms with Gasteiger partial charge in [-0.1, -0.05) is 0 Å². The Balaban J connectivity index is 2.99. The summed E-state index contributed by atoms with van der Waals surface area (Å²) in [7, 11) is 0. The van der Waals surface area contributed by atoms with Crippen LogP contribution in [-0.4, -0.2) is 29.3 Å². The lowest BCUT2D eigenvalue weighted by Crippen LogP contribution is -2.31. The molecule has 2 aromatic rings. The van der Waals surface area contributed by atoms with Gasteiger partial charge in [0, 0.05) is 15.4 Å². The first-order valence-corrected chi connectivity index (χ1v) is 4.43. The highest BCUT2D eigenvalue weighted by atomic mass is 16.7. The number of fused-ring (bicyclic) bond motifs is 1. The van der Waals surface area contributed by atoms with Crippen molar-refractivity contribution < 1.29 is 15.0 Å². The predicted molar refractivity (Wildman–Crippen MR) is 55.4 cm³/mol. The van der Waals surface area contributed by atoms with E-state index in [4.69, 9.17) is 0 Å². The number of nitro groups is 3. The van der Waals surface area contributed by atoms with Crippen LogP contribution >= 0.6 is 0 Å². The zero-order valence-electron chi connectivity index (χ0n) is 8.70. The van der Waals surface area contributed by atoms with E-state index in [9.17, 15) is 35.1 Å². The minimum absolute atomic E-state index is 0.116. The number of rotatable bonds is 3. The molecule has 13 heteroatoms. The minimum Gasteiger partial charge on any atom is -0.358 e. The summed E-state index contributed by atoms with van der Waals surface area (Å²) >= 11 is 0. The highest BCUT2D eigenvalue weighted by Gasteiger charge is 2.32. The van der Waals surface area contributed by atoms with Gasteiger partial charge in [0.05, 0.1) is 0 Å². The van der Waals surface area contributed by atoms with Crippen LogP contribution in [0.3, 0.4) is 0 Å². The van der Waals surface area contributed by atoms with Gasteiger partial charge in [-0.15, -0.1) is 0 Å². The molecule has 0 fully saturated rings. The van der Waals surface area contributed by atoms with Gasteiger partial charge < -0.3 is 10.1 Å². The SMILES string of the molecule is O=c1n([N+](=O)[O-])c2ccc([N+](=O)[O-])nc2n1[N+](=O)[O-]. The monoisotopic (exact) mass is 270 g/mol. The molecule has 98 valence electrons. The fraction of sp³-hybridized carbons (Fsp3) is 0. The van der Waals surface area contributed by atoms with Crippen LogP contribution in [0, 0.1) is 30.3 Å². The highest BCUT2D eigenvalue weighted by molar-refractivity contribution is 5.72. The largest absolute Gasteiger partial charge is 0.450 e. The second-order valence-electron chi connectivity index (χ2n) is 3.15. The molecule has 0 aliphatic carbocycles. The van der Waals surface area contributed by atoms with Crippen LogP contribution in [-0.2, 0) is 0 Å². The van der Waals surface area contributed by atoms with Crippen LogP contribution in [0.4, 0.5) is 5.82 Å². The first-order chi connectivity index (χ1) is 8.84. The highest BCUT2D eigenvalue weighted by Crippen LogP contribution is 2.15. The average molecular weight is 270 g/mol. The molecule has 0 saturated heterocycles. The van der Waals surface area contributed by atoms with Gasteiger partial charge in [-0.25, -0.2) is 25.0 Å². The minimum atomic E-state index is -1.59. The van der Waals surface area contributed by atoms with Crippen LogP contribution < -0.4 is 5.69 Å². The number of nitrogens with zero attached hydrogens (tertiary/aromatic N) is 6. The maximum absolute atomic E-state index is 11.5. The van der Waals surface area contributed by atoms with E-state index >= 15 is 0 Å². The molecule has 2 rings (SSSR count). The van der Waals surface area contributed by atoms with Crippen molar-refractivity contribution >= 4 is 17.0 Å². The van der Waals surface area contributed by atoms with E-state index in [1.54, 1.807) is 0 Å². The Hall–Kier alpha value is -3.38. The van der Waals surface area contributed by atoms with Crippen LogP contribution in [0.15, 0.2) is 16.9 Å². The lowest BCUT2D eigenvalue weighted by atomic mass is 10.4. The van der Waals surface area contributed by atoms with Gasteiger partial charge in [0.25, 0.3) is 0 Å². The predicted octanol–water partition coefficient (Wildman–Crippen LogP) is -0.814. The summed E-state index contributed by atoms with van der Waals surface area (Å²) in [6.45, 7) is 0. The summed E-state index contributed by atoms with van der Waals surface area (Å²) in [5.74, 6) is -0.774. The molecule has 0 bridgehead atoms. The summed E-state index contributed by atoms with van der Waals surface area (Å²) < 4.78 is -0.347. The van der Waals surface area contributed by atoms with E-state index in [0.717, 1.165) is 12.1 Å². The lowest BCUT2D eigenvalue weighted by molar-refractivity contribution is -0.562. The summed E-state index contributed by atoms with van der Waals surface area (Å²) in [4.78, 5) is 45.6. The molecule has 0 aliphatic heterocycles. The first-order valence-electron chi connectivity index (χ1n) is 4.43. The summed E-state index contributed by atoms with van der Waals surface area (Å²) in [5, 5.41) is 29.4. The standard InChI is InChI=1S/C6H2N6O7/c13-6-8(11(16)17)3-1-2-4(10(14)15)7-5(3)9(6)12(18)19/h1-2H. The molecule has 0 spiro atoms. The molecule has 19 heavy (non-hydrogen) atoms. The molecule has 0 unspecified atom stereocenters. The molecular formula is C6H2N6O7. The molecule has 13 nitrogen and oxygen atoms in total. The molecule has 0 radical (unpaired) electrons. The van der Waals surface area contributed by atoms with E-state index < -0.39 is 37.7 Å². The molecule has 0 aliphatic rings. The van der Waals surface area contributed by atoms with Crippen molar-refractivity contribution in [1.29, 1.82) is 0 Å². The quantitative estimate of drug-likeness (QED) is 0.514. The van der Waals surface area contributed by atoms with E-state index in [2.05, 4.69) is 4.98 Å². The van der Waals surface area contributed by atoms with Crippen LogP contribution in [0.5, 0.6) is 0 Å². The van der Waals surface area contributed by atoms with Gasteiger partial charge in [0.15, 0.2) is 15.6 Å². The van der Waals surface area contributed by atoms with E-state index in [1.165, 1.54) is 0 Å². The molecule has 0 atom stereocenters. The Bertz CT molecular complexity index is 787. The Kier molecular flexibility index (Phi) is 2.43. The zero-order valence-corrected chi connectivity index (χ0v) is 8.70. The smallest absolute Gasteiger partial charge is 0.358 e. The van der Waals surface area contributed by atoms with Crippen molar-refractivity contribution in [2.75, 3.05) is 0 Å². The van der Waals surface area contributed by atoms with Gasteiger partial charge >= 0.3 is 17.2 Å². The summed E-state index contributed by atoms with van der Waals surface area (Å²) in [6.07, 6.45) is 0. The number of hydrogen-bond donors (Lipinski definition) is 0. The topological polar surface area (TPSA) is 169 Å². The van der Waals surface area contributed by atoms with Crippen LogP contribution in [0.1, 0.15) is 0 Å². The molecule has 0 aromatic carbocycles. The van der Waals surface area contributed by atoms with Crippen molar-refractivity contribution in [2.45, 2.75) is 0 Å². The number of imidazole rings is 1. The van der Waals surface area contributed by atoms with Crippen molar-refractivity contribution in [3.8, 4) is 0 Å². The maximum atomic E-state index is 11.5. The third kappa shape index (κ3) is 1.65. The first kappa shape index (κ1) is 12.1. The molecule has 0 N–H and O–H groups in total. The Labute approximate surface area is 100 Å². The van der Waals surface area contributed by atoms with Crippen molar-refractivity contribution in [3.05, 3.63) is 53.0 Å². The summed E-state index contributed by atoms with van der Waals surface area (Å²) in [6, 6.07) is 1.64.